The van der Waals surface area contributed by atoms with Crippen LogP contribution >= 0.6 is 11.6 Å². The fourth-order valence-electron chi connectivity index (χ4n) is 3.07. The van der Waals surface area contributed by atoms with E-state index in [4.69, 9.17) is 16.3 Å². The Hall–Kier alpha value is -2.74. The molecular weight excluding hydrogens is 392 g/mol. The van der Waals surface area contributed by atoms with Gasteiger partial charge in [-0.05, 0) is 23.8 Å². The number of benzene rings is 2. The van der Waals surface area contributed by atoms with Crippen molar-refractivity contribution in [1.82, 2.24) is 15.3 Å². The lowest BCUT2D eigenvalue weighted by molar-refractivity contribution is -0.906. The minimum absolute atomic E-state index is 0.112. The van der Waals surface area contributed by atoms with Crippen LogP contribution in [0.3, 0.4) is 0 Å². The largest absolute Gasteiger partial charge is 0.379 e. The van der Waals surface area contributed by atoms with Crippen LogP contribution in [0.1, 0.15) is 11.4 Å². The maximum absolute atomic E-state index is 12.5. The number of nitrogens with zero attached hydrogens (tertiary/aromatic N) is 1. The molecular formula is C21H24ClN4O3+. The summed E-state index contributed by atoms with van der Waals surface area (Å²) < 4.78 is 5.17. The third kappa shape index (κ3) is 5.87. The van der Waals surface area contributed by atoms with Crippen LogP contribution in [0.4, 0.5) is 0 Å². The van der Waals surface area contributed by atoms with Crippen molar-refractivity contribution in [3.63, 3.8) is 0 Å². The summed E-state index contributed by atoms with van der Waals surface area (Å²) in [5.41, 5.74) is 1.32. The van der Waals surface area contributed by atoms with Gasteiger partial charge in [-0.15, -0.1) is 0 Å². The topological polar surface area (TPSA) is 88.5 Å². The Bertz CT molecular complexity index is 1040. The maximum Gasteiger partial charge on any atom is 0.275 e. The van der Waals surface area contributed by atoms with Gasteiger partial charge in [0, 0.05) is 18.7 Å². The van der Waals surface area contributed by atoms with E-state index in [1.807, 2.05) is 24.3 Å². The Morgan fingerprint density at radius 3 is 2.76 bits per heavy atom. The summed E-state index contributed by atoms with van der Waals surface area (Å²) in [6.45, 7) is 2.09. The predicted molar refractivity (Wildman–Crippen MR) is 112 cm³/mol. The zero-order valence-electron chi connectivity index (χ0n) is 16.2. The van der Waals surface area contributed by atoms with Gasteiger partial charge < -0.3 is 19.9 Å². The SMILES string of the molecule is COCC[NH+](CC(=O)NCc1ccccc1Cl)Cc1nc2ccccc2c(=O)[nH]1. The highest BCUT2D eigenvalue weighted by molar-refractivity contribution is 6.31. The smallest absolute Gasteiger partial charge is 0.275 e. The van der Waals surface area contributed by atoms with Crippen molar-refractivity contribution in [2.24, 2.45) is 0 Å². The molecule has 1 amide bonds. The normalized spacial score (nSPS) is 12.1. The van der Waals surface area contributed by atoms with Crippen molar-refractivity contribution in [3.05, 3.63) is 75.3 Å². The number of para-hydroxylation sites is 1. The van der Waals surface area contributed by atoms with E-state index in [1.165, 1.54) is 0 Å². The van der Waals surface area contributed by atoms with Gasteiger partial charge in [-0.2, -0.15) is 0 Å². The second-order valence-corrected chi connectivity index (χ2v) is 7.15. The Balaban J connectivity index is 1.67. The Labute approximate surface area is 173 Å². The molecule has 0 fully saturated rings. The molecule has 29 heavy (non-hydrogen) atoms. The molecule has 1 atom stereocenters. The fraction of sp³-hybridized carbons (Fsp3) is 0.286. The van der Waals surface area contributed by atoms with E-state index in [-0.39, 0.29) is 18.0 Å². The molecule has 1 unspecified atom stereocenters. The number of nitrogens with one attached hydrogen (secondary N) is 3. The van der Waals surface area contributed by atoms with Crippen LogP contribution in [0.5, 0.6) is 0 Å². The maximum atomic E-state index is 12.5. The number of ether oxygens (including phenoxy) is 1. The van der Waals surface area contributed by atoms with E-state index in [0.717, 1.165) is 10.5 Å². The second-order valence-electron chi connectivity index (χ2n) is 6.74. The first-order valence-corrected chi connectivity index (χ1v) is 9.75. The number of methoxy groups -OCH3 is 1. The molecule has 8 heteroatoms. The third-order valence-corrected chi connectivity index (χ3v) is 4.95. The van der Waals surface area contributed by atoms with Crippen molar-refractivity contribution >= 4 is 28.4 Å². The summed E-state index contributed by atoms with van der Waals surface area (Å²) in [6.07, 6.45) is 0. The van der Waals surface area contributed by atoms with Crippen LogP contribution in [0.25, 0.3) is 10.9 Å². The molecule has 3 N–H and O–H groups in total. The van der Waals surface area contributed by atoms with Gasteiger partial charge in [0.25, 0.3) is 11.5 Å². The number of fused-ring (bicyclic) bond motifs is 1. The molecule has 0 aliphatic heterocycles. The Kier molecular flexibility index (Phi) is 7.35. The lowest BCUT2D eigenvalue weighted by Crippen LogP contribution is -3.12. The number of aromatic amines is 1. The standard InChI is InChI=1S/C21H23ClN4O3/c1-29-11-10-26(14-20(27)23-12-15-6-2-4-8-17(15)22)13-19-24-18-9-5-3-7-16(18)21(28)25-19/h2-9H,10-14H2,1H3,(H,23,27)(H,24,25,28)/p+1. The van der Waals surface area contributed by atoms with Crippen molar-refractivity contribution in [2.45, 2.75) is 13.1 Å². The van der Waals surface area contributed by atoms with E-state index in [0.29, 0.717) is 48.0 Å². The molecule has 152 valence electrons. The summed E-state index contributed by atoms with van der Waals surface area (Å²) in [6, 6.07) is 14.6. The van der Waals surface area contributed by atoms with E-state index < -0.39 is 0 Å². The number of halogens is 1. The predicted octanol–water partition coefficient (Wildman–Crippen LogP) is 0.924. The van der Waals surface area contributed by atoms with E-state index in [2.05, 4.69) is 15.3 Å². The van der Waals surface area contributed by atoms with E-state index in [1.54, 1.807) is 31.4 Å². The minimum Gasteiger partial charge on any atom is -0.379 e. The fourth-order valence-corrected chi connectivity index (χ4v) is 3.27. The minimum atomic E-state index is -0.181. The monoisotopic (exact) mass is 415 g/mol. The number of hydrogen-bond acceptors (Lipinski definition) is 4. The molecule has 1 heterocycles. The number of aromatic nitrogens is 2. The Morgan fingerprint density at radius 1 is 1.21 bits per heavy atom. The molecule has 0 bridgehead atoms. The summed E-state index contributed by atoms with van der Waals surface area (Å²) in [4.78, 5) is 33.0. The van der Waals surface area contributed by atoms with Crippen molar-refractivity contribution in [2.75, 3.05) is 26.8 Å². The quantitative estimate of drug-likeness (QED) is 0.485. The molecule has 0 aliphatic carbocycles. The highest BCUT2D eigenvalue weighted by Crippen LogP contribution is 2.14. The molecule has 3 aromatic rings. The number of carbonyl (C=O) groups excluding carboxylic acids is 1. The number of rotatable bonds is 9. The first-order valence-electron chi connectivity index (χ1n) is 9.37. The second kappa shape index (κ2) is 10.2. The first kappa shape index (κ1) is 21.0. The number of quaternary nitrogens is 1. The molecule has 0 radical (unpaired) electrons. The van der Waals surface area contributed by atoms with Crippen LogP contribution < -0.4 is 15.8 Å². The van der Waals surface area contributed by atoms with Gasteiger partial charge in [-0.1, -0.05) is 41.9 Å². The first-order chi connectivity index (χ1) is 14.1. The molecule has 0 aliphatic rings. The van der Waals surface area contributed by atoms with E-state index >= 15 is 0 Å². The molecule has 2 aromatic carbocycles. The van der Waals surface area contributed by atoms with Gasteiger partial charge in [0.2, 0.25) is 0 Å². The molecule has 0 saturated carbocycles. The van der Waals surface area contributed by atoms with Crippen LogP contribution in [-0.4, -0.2) is 42.7 Å². The van der Waals surface area contributed by atoms with Crippen LogP contribution in [0, 0.1) is 0 Å². The third-order valence-electron chi connectivity index (χ3n) is 4.58. The van der Waals surface area contributed by atoms with Crippen molar-refractivity contribution in [1.29, 1.82) is 0 Å². The summed E-state index contributed by atoms with van der Waals surface area (Å²) >= 11 is 6.14. The zero-order chi connectivity index (χ0) is 20.6. The number of H-pyrrole nitrogens is 1. The van der Waals surface area contributed by atoms with Crippen LogP contribution in [-0.2, 0) is 22.6 Å². The molecule has 7 nitrogen and oxygen atoms in total. The van der Waals surface area contributed by atoms with E-state index in [9.17, 15) is 9.59 Å². The van der Waals surface area contributed by atoms with Gasteiger partial charge in [0.05, 0.1) is 17.5 Å². The number of carbonyl (C=O) groups is 1. The van der Waals surface area contributed by atoms with Gasteiger partial charge in [-0.3, -0.25) is 9.59 Å². The average Bonchev–Trinajstić information content (AvgIpc) is 2.71. The Morgan fingerprint density at radius 2 is 1.97 bits per heavy atom. The number of amides is 1. The van der Waals surface area contributed by atoms with Gasteiger partial charge in [0.1, 0.15) is 13.1 Å². The average molecular weight is 416 g/mol. The lowest BCUT2D eigenvalue weighted by Gasteiger charge is -2.18. The lowest BCUT2D eigenvalue weighted by atomic mass is 10.2. The van der Waals surface area contributed by atoms with Gasteiger partial charge in [-0.25, -0.2) is 4.98 Å². The molecule has 1 aromatic heterocycles. The van der Waals surface area contributed by atoms with Crippen LogP contribution in [0.2, 0.25) is 5.02 Å². The highest BCUT2D eigenvalue weighted by atomic mass is 35.5. The summed E-state index contributed by atoms with van der Waals surface area (Å²) in [5.74, 6) is 0.429. The molecule has 0 saturated heterocycles. The van der Waals surface area contributed by atoms with Crippen molar-refractivity contribution in [3.8, 4) is 0 Å². The summed E-state index contributed by atoms with van der Waals surface area (Å²) in [7, 11) is 1.62. The van der Waals surface area contributed by atoms with Crippen LogP contribution in [0.15, 0.2) is 53.3 Å². The molecule has 0 spiro atoms. The zero-order valence-corrected chi connectivity index (χ0v) is 17.0. The highest BCUT2D eigenvalue weighted by Gasteiger charge is 2.17. The molecule has 3 rings (SSSR count). The van der Waals surface area contributed by atoms with Gasteiger partial charge >= 0.3 is 0 Å². The summed E-state index contributed by atoms with van der Waals surface area (Å²) in [5, 5.41) is 4.06. The van der Waals surface area contributed by atoms with Crippen molar-refractivity contribution < 1.29 is 14.4 Å². The number of hydrogen-bond donors (Lipinski definition) is 3. The van der Waals surface area contributed by atoms with Gasteiger partial charge in [0.15, 0.2) is 12.4 Å².